The van der Waals surface area contributed by atoms with E-state index in [-0.39, 0.29) is 6.42 Å². The van der Waals surface area contributed by atoms with E-state index in [9.17, 15) is 53.9 Å². The van der Waals surface area contributed by atoms with Gasteiger partial charge in [-0.1, -0.05) is 105 Å². The van der Waals surface area contributed by atoms with Gasteiger partial charge in [-0.05, 0) is 24.2 Å². The van der Waals surface area contributed by atoms with Crippen LogP contribution in [0.15, 0.2) is 91.0 Å². The molecule has 1 fully saturated rings. The molecule has 0 bridgehead atoms. The quantitative estimate of drug-likeness (QED) is 0.0851. The van der Waals surface area contributed by atoms with Crippen LogP contribution in [-0.2, 0) is 59.6 Å². The molecule has 0 heterocycles. The van der Waals surface area contributed by atoms with Crippen molar-refractivity contribution in [3.63, 3.8) is 0 Å². The van der Waals surface area contributed by atoms with Crippen LogP contribution in [0.5, 0.6) is 0 Å². The topological polar surface area (TPSA) is 107 Å². The molecule has 9 nitrogen and oxygen atoms in total. The monoisotopic (exact) mass is 836 g/mol. The Morgan fingerprint density at radius 3 is 1.28 bits per heavy atom. The van der Waals surface area contributed by atoms with Crippen molar-refractivity contribution in [2.45, 2.75) is 61.7 Å². The van der Waals surface area contributed by atoms with E-state index in [0.717, 1.165) is 36.4 Å². The summed E-state index contributed by atoms with van der Waals surface area (Å²) >= 11 is 0. The lowest BCUT2D eigenvalue weighted by Gasteiger charge is -2.35. The van der Waals surface area contributed by atoms with Gasteiger partial charge in [0.1, 0.15) is 6.10 Å². The van der Waals surface area contributed by atoms with Crippen molar-refractivity contribution in [1.82, 2.24) is 0 Å². The average Bonchev–Trinajstić information content (AvgIpc) is 3.48. The Labute approximate surface area is 327 Å². The predicted octanol–water partition coefficient (Wildman–Crippen LogP) is 8.21. The summed E-state index contributed by atoms with van der Waals surface area (Å²) in [5.41, 5.74) is -12.7. The number of halogens is 9. The highest BCUT2D eigenvalue weighted by molar-refractivity contribution is 5.84. The van der Waals surface area contributed by atoms with Crippen LogP contribution in [-0.4, -0.2) is 77.1 Å². The summed E-state index contributed by atoms with van der Waals surface area (Å²) in [6, 6.07) is 17.5. The Bertz CT molecular complexity index is 1840. The summed E-state index contributed by atoms with van der Waals surface area (Å²) in [7, 11) is 1.94. The van der Waals surface area contributed by atoms with E-state index in [0.29, 0.717) is 21.3 Å². The molecule has 0 aromatic heterocycles. The van der Waals surface area contributed by atoms with Crippen molar-refractivity contribution in [3.8, 4) is 0 Å². The van der Waals surface area contributed by atoms with E-state index in [4.69, 9.17) is 28.4 Å². The van der Waals surface area contributed by atoms with Gasteiger partial charge >= 0.3 is 36.4 Å². The number of carbonyl (C=O) groups excluding carboxylic acids is 3. The molecule has 18 heteroatoms. The van der Waals surface area contributed by atoms with Crippen molar-refractivity contribution in [1.29, 1.82) is 0 Å². The van der Waals surface area contributed by atoms with E-state index in [1.807, 2.05) is 0 Å². The maximum Gasteiger partial charge on any atom is 0.432 e. The predicted molar refractivity (Wildman–Crippen MR) is 185 cm³/mol. The molecule has 0 N–H and O–H groups in total. The SMILES string of the molecule is CO[C@](C(=O)OC[C@@H]1[C@@H](C)[C@@H](OC(=O)[C@@](OC)(c2ccccc2)C(F)(F)F)C[C@H]1[C@@H](C)COC(=O)[C@@](OC)(c1ccccc1)C(F)(F)F)(c1ccccc1)C(F)(F)F. The number of methoxy groups -OCH3 is 3. The fourth-order valence-electron chi connectivity index (χ4n) is 7.50. The fourth-order valence-corrected chi connectivity index (χ4v) is 7.50. The minimum Gasteiger partial charge on any atom is -0.463 e. The molecule has 58 heavy (non-hydrogen) atoms. The second-order valence-electron chi connectivity index (χ2n) is 13.8. The van der Waals surface area contributed by atoms with Crippen LogP contribution in [0.4, 0.5) is 39.5 Å². The number of ether oxygens (including phenoxy) is 6. The number of rotatable bonds is 15. The molecule has 0 saturated heterocycles. The van der Waals surface area contributed by atoms with Crippen LogP contribution in [0.25, 0.3) is 0 Å². The number of benzene rings is 3. The van der Waals surface area contributed by atoms with Crippen LogP contribution in [0.2, 0.25) is 0 Å². The maximum atomic E-state index is 14.7. The first-order valence-electron chi connectivity index (χ1n) is 17.7. The Balaban J connectivity index is 1.70. The zero-order valence-electron chi connectivity index (χ0n) is 31.7. The van der Waals surface area contributed by atoms with Crippen LogP contribution < -0.4 is 0 Å². The molecule has 1 saturated carbocycles. The van der Waals surface area contributed by atoms with Crippen LogP contribution >= 0.6 is 0 Å². The molecule has 0 unspecified atom stereocenters. The fraction of sp³-hybridized carbons (Fsp3) is 0.475. The van der Waals surface area contributed by atoms with E-state index >= 15 is 0 Å². The number of alkyl halides is 9. The van der Waals surface area contributed by atoms with Crippen LogP contribution in [0.1, 0.15) is 37.0 Å². The smallest absolute Gasteiger partial charge is 0.432 e. The Morgan fingerprint density at radius 2 is 0.931 bits per heavy atom. The Morgan fingerprint density at radius 1 is 0.586 bits per heavy atom. The molecule has 0 spiro atoms. The molecule has 3 aromatic rings. The van der Waals surface area contributed by atoms with Crippen molar-refractivity contribution in [2.75, 3.05) is 34.5 Å². The van der Waals surface area contributed by atoms with Gasteiger partial charge in [0.2, 0.25) is 0 Å². The zero-order chi connectivity index (χ0) is 43.3. The molecule has 318 valence electrons. The maximum absolute atomic E-state index is 14.7. The third-order valence-electron chi connectivity index (χ3n) is 10.7. The summed E-state index contributed by atoms with van der Waals surface area (Å²) in [5, 5.41) is 0. The molecule has 3 aromatic carbocycles. The van der Waals surface area contributed by atoms with Gasteiger partial charge in [-0.2, -0.15) is 39.5 Å². The molecule has 0 radical (unpaired) electrons. The normalized spacial score (nSPS) is 22.4. The summed E-state index contributed by atoms with van der Waals surface area (Å²) in [5.74, 6) is -9.94. The molecule has 0 amide bonds. The van der Waals surface area contributed by atoms with E-state index in [1.54, 1.807) is 0 Å². The zero-order valence-corrected chi connectivity index (χ0v) is 31.7. The van der Waals surface area contributed by atoms with E-state index in [1.165, 1.54) is 68.4 Å². The van der Waals surface area contributed by atoms with Gasteiger partial charge in [0, 0.05) is 43.9 Å². The van der Waals surface area contributed by atoms with Crippen molar-refractivity contribution >= 4 is 17.9 Å². The molecule has 1 aliphatic carbocycles. The largest absolute Gasteiger partial charge is 0.463 e. The lowest BCUT2D eigenvalue weighted by Crippen LogP contribution is -2.53. The third kappa shape index (κ3) is 8.27. The summed E-state index contributed by atoms with van der Waals surface area (Å²) in [6.07, 6.45) is -17.9. The minimum absolute atomic E-state index is 0.360. The van der Waals surface area contributed by atoms with Crippen molar-refractivity contribution < 1.29 is 82.3 Å². The highest BCUT2D eigenvalue weighted by Crippen LogP contribution is 2.49. The first kappa shape index (κ1) is 46.0. The molecular weight excluding hydrogens is 795 g/mol. The minimum atomic E-state index is -5.37. The second-order valence-corrected chi connectivity index (χ2v) is 13.8. The van der Waals surface area contributed by atoms with Gasteiger partial charge < -0.3 is 28.4 Å². The first-order valence-corrected chi connectivity index (χ1v) is 17.7. The van der Waals surface area contributed by atoms with Gasteiger partial charge in [-0.15, -0.1) is 0 Å². The van der Waals surface area contributed by atoms with Gasteiger partial charge in [0.05, 0.1) is 13.2 Å². The Hall–Kier alpha value is -4.68. The van der Waals surface area contributed by atoms with E-state index < -0.39 is 113 Å². The van der Waals surface area contributed by atoms with Gasteiger partial charge in [-0.3, -0.25) is 0 Å². The second kappa shape index (κ2) is 17.7. The molecule has 8 atom stereocenters. The third-order valence-corrected chi connectivity index (χ3v) is 10.7. The molecule has 0 aliphatic heterocycles. The number of esters is 3. The summed E-state index contributed by atoms with van der Waals surface area (Å²) in [4.78, 5) is 40.4. The Kier molecular flexibility index (Phi) is 14.0. The first-order chi connectivity index (χ1) is 27.1. The van der Waals surface area contributed by atoms with Crippen LogP contribution in [0.3, 0.4) is 0 Å². The standard InChI is InChI=1S/C40H41F9O9/c1-24(22-56-32(50)35(53-3,38(41,42)43)26-15-9-6-10-16-26)29-21-31(58-34(52)37(55-5,40(47,48)49)28-19-13-8-14-20-28)25(2)30(29)23-57-33(51)36(54-4,39(44,45)46)27-17-11-7-12-18-27/h6-20,24-25,29-31H,21-23H2,1-5H3/t24-,25+,29-,30+,31-,35-,36-,37-/m0/s1. The van der Waals surface area contributed by atoms with Crippen molar-refractivity contribution in [3.05, 3.63) is 108 Å². The van der Waals surface area contributed by atoms with Gasteiger partial charge in [-0.25, -0.2) is 14.4 Å². The average molecular weight is 837 g/mol. The van der Waals surface area contributed by atoms with Crippen molar-refractivity contribution in [2.24, 2.45) is 23.7 Å². The lowest BCUT2D eigenvalue weighted by molar-refractivity contribution is -0.279. The van der Waals surface area contributed by atoms with E-state index in [2.05, 4.69) is 0 Å². The molecule has 1 aliphatic rings. The van der Waals surface area contributed by atoms with Gasteiger partial charge in [0.15, 0.2) is 0 Å². The highest BCUT2D eigenvalue weighted by Gasteiger charge is 2.67. The molecular formula is C40H41F9O9. The lowest BCUT2D eigenvalue weighted by atomic mass is 9.83. The number of hydrogen-bond donors (Lipinski definition) is 0. The van der Waals surface area contributed by atoms with Gasteiger partial charge in [0.25, 0.3) is 16.8 Å². The van der Waals surface area contributed by atoms with Crippen LogP contribution in [0, 0.1) is 23.7 Å². The summed E-state index contributed by atoms with van der Waals surface area (Å²) < 4.78 is 162. The highest BCUT2D eigenvalue weighted by atomic mass is 19.4. The number of carbonyl (C=O) groups is 3. The number of hydrogen-bond acceptors (Lipinski definition) is 9. The molecule has 4 rings (SSSR count). The summed E-state index contributed by atoms with van der Waals surface area (Å²) in [6.45, 7) is 1.09.